The molecular formula is C16H28N2. The maximum Gasteiger partial charge on any atom is 0.0598 e. The highest BCUT2D eigenvalue weighted by molar-refractivity contribution is 4.91. The minimum absolute atomic E-state index is 0.578. The number of likely N-dealkylation sites (tertiary alicyclic amines) is 1. The van der Waals surface area contributed by atoms with Gasteiger partial charge in [0, 0.05) is 25.2 Å². The van der Waals surface area contributed by atoms with Gasteiger partial charge in [-0.05, 0) is 43.9 Å². The highest BCUT2D eigenvalue weighted by Crippen LogP contribution is 2.35. The fourth-order valence-electron chi connectivity index (χ4n) is 3.29. The third-order valence-electron chi connectivity index (χ3n) is 4.71. The molecule has 2 fully saturated rings. The summed E-state index contributed by atoms with van der Waals surface area (Å²) in [6.07, 6.45) is 13.4. The van der Waals surface area contributed by atoms with E-state index in [1.807, 2.05) is 0 Å². The van der Waals surface area contributed by atoms with Crippen molar-refractivity contribution in [3.63, 3.8) is 0 Å². The van der Waals surface area contributed by atoms with Gasteiger partial charge in [0.05, 0.1) is 6.54 Å². The first-order valence-electron chi connectivity index (χ1n) is 7.51. The molecule has 2 aliphatic rings. The van der Waals surface area contributed by atoms with Gasteiger partial charge in [-0.15, -0.1) is 6.42 Å². The maximum absolute atomic E-state index is 5.36. The standard InChI is InChI=1S/C16H28N2/c1-4-11-18-12-7-15(8-13-18)17-14-5-9-16(2,3)10-6-14/h1,14-15,17H,5-13H2,2-3H3. The Labute approximate surface area is 113 Å². The Morgan fingerprint density at radius 1 is 1.11 bits per heavy atom. The highest BCUT2D eigenvalue weighted by Gasteiger charge is 2.28. The minimum Gasteiger partial charge on any atom is -0.311 e. The monoisotopic (exact) mass is 248 g/mol. The Hall–Kier alpha value is -0.520. The first-order chi connectivity index (χ1) is 8.59. The summed E-state index contributed by atoms with van der Waals surface area (Å²) in [5, 5.41) is 3.88. The van der Waals surface area contributed by atoms with Crippen molar-refractivity contribution in [3.05, 3.63) is 0 Å². The molecule has 1 heterocycles. The van der Waals surface area contributed by atoms with Crippen molar-refractivity contribution >= 4 is 0 Å². The second kappa shape index (κ2) is 6.08. The molecule has 1 N–H and O–H groups in total. The summed E-state index contributed by atoms with van der Waals surface area (Å²) in [4.78, 5) is 2.39. The lowest BCUT2D eigenvalue weighted by Crippen LogP contribution is -2.47. The zero-order valence-electron chi connectivity index (χ0n) is 12.0. The summed E-state index contributed by atoms with van der Waals surface area (Å²) in [6.45, 7) is 7.97. The number of nitrogens with zero attached hydrogens (tertiary/aromatic N) is 1. The first-order valence-corrected chi connectivity index (χ1v) is 7.51. The molecule has 2 nitrogen and oxygen atoms in total. The lowest BCUT2D eigenvalue weighted by Gasteiger charge is -2.38. The Bertz CT molecular complexity index is 285. The van der Waals surface area contributed by atoms with Crippen LogP contribution in [0.1, 0.15) is 52.4 Å². The average Bonchev–Trinajstić information content (AvgIpc) is 2.35. The predicted octanol–water partition coefficient (Wildman–Crippen LogP) is 2.64. The molecule has 1 saturated carbocycles. The van der Waals surface area contributed by atoms with Crippen LogP contribution in [0.3, 0.4) is 0 Å². The summed E-state index contributed by atoms with van der Waals surface area (Å²) in [6, 6.07) is 1.49. The summed E-state index contributed by atoms with van der Waals surface area (Å²) < 4.78 is 0. The van der Waals surface area contributed by atoms with Crippen LogP contribution in [0.2, 0.25) is 0 Å². The molecule has 102 valence electrons. The molecule has 1 aliphatic carbocycles. The van der Waals surface area contributed by atoms with Gasteiger partial charge >= 0.3 is 0 Å². The van der Waals surface area contributed by atoms with Crippen LogP contribution in [-0.2, 0) is 0 Å². The SMILES string of the molecule is C#CCN1CCC(NC2CCC(C)(C)CC2)CC1. The van der Waals surface area contributed by atoms with Crippen molar-refractivity contribution < 1.29 is 0 Å². The molecule has 0 aromatic heterocycles. The maximum atomic E-state index is 5.36. The number of terminal acetylenes is 1. The van der Waals surface area contributed by atoms with Crippen molar-refractivity contribution in [1.82, 2.24) is 10.2 Å². The van der Waals surface area contributed by atoms with E-state index in [2.05, 4.69) is 30.0 Å². The Kier molecular flexibility index (Phi) is 4.70. The largest absolute Gasteiger partial charge is 0.311 e. The van der Waals surface area contributed by atoms with Crippen molar-refractivity contribution in [2.24, 2.45) is 5.41 Å². The van der Waals surface area contributed by atoms with Crippen molar-refractivity contribution in [2.45, 2.75) is 64.5 Å². The van der Waals surface area contributed by atoms with Gasteiger partial charge in [0.1, 0.15) is 0 Å². The lowest BCUT2D eigenvalue weighted by molar-refractivity contribution is 0.168. The van der Waals surface area contributed by atoms with Crippen molar-refractivity contribution in [3.8, 4) is 12.3 Å². The van der Waals surface area contributed by atoms with Gasteiger partial charge in [-0.2, -0.15) is 0 Å². The Morgan fingerprint density at radius 2 is 1.67 bits per heavy atom. The number of hydrogen-bond acceptors (Lipinski definition) is 2. The number of rotatable bonds is 3. The van der Waals surface area contributed by atoms with E-state index in [1.165, 1.54) is 51.6 Å². The molecule has 2 heteroatoms. The third-order valence-corrected chi connectivity index (χ3v) is 4.71. The van der Waals surface area contributed by atoms with E-state index in [9.17, 15) is 0 Å². The Balaban J connectivity index is 1.68. The predicted molar refractivity (Wildman–Crippen MR) is 77.5 cm³/mol. The molecule has 18 heavy (non-hydrogen) atoms. The molecular weight excluding hydrogens is 220 g/mol. The molecule has 0 aromatic carbocycles. The topological polar surface area (TPSA) is 15.3 Å². The second-order valence-corrected chi connectivity index (χ2v) is 6.86. The average molecular weight is 248 g/mol. The summed E-state index contributed by atoms with van der Waals surface area (Å²) in [7, 11) is 0. The van der Waals surface area contributed by atoms with E-state index in [0.717, 1.165) is 18.6 Å². The molecule has 0 amide bonds. The molecule has 0 atom stereocenters. The van der Waals surface area contributed by atoms with Crippen LogP contribution in [0, 0.1) is 17.8 Å². The van der Waals surface area contributed by atoms with Gasteiger partial charge < -0.3 is 5.32 Å². The van der Waals surface area contributed by atoms with Crippen LogP contribution in [0.5, 0.6) is 0 Å². The van der Waals surface area contributed by atoms with Gasteiger partial charge in [-0.1, -0.05) is 19.8 Å². The van der Waals surface area contributed by atoms with Gasteiger partial charge in [0.2, 0.25) is 0 Å². The molecule has 0 spiro atoms. The quantitative estimate of drug-likeness (QED) is 0.773. The van der Waals surface area contributed by atoms with Gasteiger partial charge in [-0.3, -0.25) is 4.90 Å². The number of hydrogen-bond donors (Lipinski definition) is 1. The zero-order valence-corrected chi connectivity index (χ0v) is 12.0. The number of piperidine rings is 1. The van der Waals surface area contributed by atoms with Crippen LogP contribution in [-0.4, -0.2) is 36.6 Å². The van der Waals surface area contributed by atoms with Crippen LogP contribution >= 0.6 is 0 Å². The van der Waals surface area contributed by atoms with E-state index < -0.39 is 0 Å². The minimum atomic E-state index is 0.578. The fraction of sp³-hybridized carbons (Fsp3) is 0.875. The van der Waals surface area contributed by atoms with E-state index in [4.69, 9.17) is 6.42 Å². The third kappa shape index (κ3) is 4.00. The first kappa shape index (κ1) is 13.9. The van der Waals surface area contributed by atoms with Crippen LogP contribution in [0.15, 0.2) is 0 Å². The highest BCUT2D eigenvalue weighted by atomic mass is 15.1. The molecule has 1 saturated heterocycles. The van der Waals surface area contributed by atoms with Crippen LogP contribution in [0.25, 0.3) is 0 Å². The summed E-state index contributed by atoms with van der Waals surface area (Å²) >= 11 is 0. The summed E-state index contributed by atoms with van der Waals surface area (Å²) in [5.74, 6) is 2.75. The molecule has 0 radical (unpaired) electrons. The normalized spacial score (nSPS) is 26.9. The molecule has 2 rings (SSSR count). The van der Waals surface area contributed by atoms with Gasteiger partial charge in [0.15, 0.2) is 0 Å². The second-order valence-electron chi connectivity index (χ2n) is 6.86. The lowest BCUT2D eigenvalue weighted by atomic mass is 9.75. The number of nitrogens with one attached hydrogen (secondary N) is 1. The Morgan fingerprint density at radius 3 is 2.22 bits per heavy atom. The molecule has 0 bridgehead atoms. The van der Waals surface area contributed by atoms with E-state index in [1.54, 1.807) is 0 Å². The fourth-order valence-corrected chi connectivity index (χ4v) is 3.29. The van der Waals surface area contributed by atoms with Crippen LogP contribution < -0.4 is 5.32 Å². The van der Waals surface area contributed by atoms with E-state index in [-0.39, 0.29) is 0 Å². The molecule has 0 aromatic rings. The van der Waals surface area contributed by atoms with E-state index >= 15 is 0 Å². The smallest absolute Gasteiger partial charge is 0.0598 e. The van der Waals surface area contributed by atoms with Crippen molar-refractivity contribution in [1.29, 1.82) is 0 Å². The molecule has 0 unspecified atom stereocenters. The van der Waals surface area contributed by atoms with E-state index in [0.29, 0.717) is 5.41 Å². The van der Waals surface area contributed by atoms with Crippen molar-refractivity contribution in [2.75, 3.05) is 19.6 Å². The zero-order chi connectivity index (χ0) is 13.0. The van der Waals surface area contributed by atoms with Crippen LogP contribution in [0.4, 0.5) is 0 Å². The van der Waals surface area contributed by atoms with Gasteiger partial charge in [0.25, 0.3) is 0 Å². The van der Waals surface area contributed by atoms with Gasteiger partial charge in [-0.25, -0.2) is 0 Å². The molecule has 1 aliphatic heterocycles. The summed E-state index contributed by atoms with van der Waals surface area (Å²) in [5.41, 5.74) is 0.578.